The number of benzene rings is 1. The molecule has 1 fully saturated rings. The monoisotopic (exact) mass is 493 g/mol. The molecule has 1 aromatic heterocycles. The zero-order chi connectivity index (χ0) is 18.6. The fraction of sp³-hybridized carbons (Fsp3) is 0.429. The summed E-state index contributed by atoms with van der Waals surface area (Å²) in [6.07, 6.45) is 3.20. The Labute approximate surface area is 184 Å². The van der Waals surface area contributed by atoms with Crippen LogP contribution in [0.4, 0.5) is 11.5 Å². The van der Waals surface area contributed by atoms with Crippen LogP contribution in [0.5, 0.6) is 0 Å². The summed E-state index contributed by atoms with van der Waals surface area (Å²) in [7, 11) is 1.84. The quantitative estimate of drug-likeness (QED) is 0.405. The topological polar surface area (TPSA) is 53.0 Å². The van der Waals surface area contributed by atoms with Crippen LogP contribution in [0.2, 0.25) is 0 Å². The molecule has 0 radical (unpaired) electrons. The average molecular weight is 493 g/mol. The number of hydrogen-bond acceptors (Lipinski definition) is 4. The van der Waals surface area contributed by atoms with E-state index in [-0.39, 0.29) is 30.1 Å². The fourth-order valence-corrected chi connectivity index (χ4v) is 3.80. The number of morpholine rings is 1. The molecule has 0 bridgehead atoms. The number of aliphatic imine (C=N–C) groups is 1. The van der Waals surface area contributed by atoms with Crippen molar-refractivity contribution < 1.29 is 4.74 Å². The third kappa shape index (κ3) is 4.57. The lowest BCUT2D eigenvalue weighted by Crippen LogP contribution is -2.41. The highest BCUT2D eigenvalue weighted by Gasteiger charge is 2.22. The van der Waals surface area contributed by atoms with Gasteiger partial charge in [0.05, 0.1) is 12.7 Å². The summed E-state index contributed by atoms with van der Waals surface area (Å²) in [5, 5.41) is 3.51. The van der Waals surface area contributed by atoms with E-state index in [2.05, 4.69) is 68.4 Å². The summed E-state index contributed by atoms with van der Waals surface area (Å²) in [5.74, 6) is 1.93. The van der Waals surface area contributed by atoms with E-state index in [0.29, 0.717) is 0 Å². The van der Waals surface area contributed by atoms with E-state index in [1.54, 1.807) is 0 Å². The highest BCUT2D eigenvalue weighted by molar-refractivity contribution is 14.0. The molecule has 4 rings (SSSR count). The molecule has 3 heterocycles. The van der Waals surface area contributed by atoms with Gasteiger partial charge < -0.3 is 19.9 Å². The predicted octanol–water partition coefficient (Wildman–Crippen LogP) is 3.06. The minimum atomic E-state index is 0. The molecule has 1 atom stereocenters. The molecule has 0 spiro atoms. The van der Waals surface area contributed by atoms with Gasteiger partial charge in [-0.1, -0.05) is 18.2 Å². The molecule has 2 aliphatic heterocycles. The summed E-state index contributed by atoms with van der Waals surface area (Å²) in [5.41, 5.74) is 3.84. The lowest BCUT2D eigenvalue weighted by molar-refractivity contribution is 0.0529. The number of fused-ring (bicyclic) bond motifs is 1. The molecule has 28 heavy (non-hydrogen) atoms. The average Bonchev–Trinajstić information content (AvgIpc) is 3.13. The van der Waals surface area contributed by atoms with Gasteiger partial charge in [0.15, 0.2) is 5.96 Å². The van der Waals surface area contributed by atoms with Crippen molar-refractivity contribution in [1.29, 1.82) is 0 Å². The first-order valence-electron chi connectivity index (χ1n) is 9.62. The molecule has 6 nitrogen and oxygen atoms in total. The molecule has 0 aliphatic carbocycles. The number of nitrogens with one attached hydrogen (secondary N) is 1. The maximum absolute atomic E-state index is 5.64. The molecule has 0 amide bonds. The van der Waals surface area contributed by atoms with Crippen molar-refractivity contribution in [2.45, 2.75) is 26.0 Å². The van der Waals surface area contributed by atoms with E-state index >= 15 is 0 Å². The first-order chi connectivity index (χ1) is 13.2. The van der Waals surface area contributed by atoms with E-state index < -0.39 is 0 Å². The highest BCUT2D eigenvalue weighted by atomic mass is 127. The Morgan fingerprint density at radius 1 is 1.29 bits per heavy atom. The zero-order valence-electron chi connectivity index (χ0n) is 16.5. The number of rotatable bonds is 3. The van der Waals surface area contributed by atoms with Crippen molar-refractivity contribution in [3.05, 3.63) is 53.7 Å². The van der Waals surface area contributed by atoms with Crippen LogP contribution in [0, 0.1) is 0 Å². The maximum atomic E-state index is 5.64. The molecule has 150 valence electrons. The van der Waals surface area contributed by atoms with Gasteiger partial charge in [0.1, 0.15) is 5.82 Å². The highest BCUT2D eigenvalue weighted by Crippen LogP contribution is 2.27. The van der Waals surface area contributed by atoms with E-state index in [0.717, 1.165) is 51.0 Å². The summed E-state index contributed by atoms with van der Waals surface area (Å²) in [6.45, 7) is 6.32. The Bertz CT molecular complexity index is 828. The van der Waals surface area contributed by atoms with E-state index in [4.69, 9.17) is 4.74 Å². The molecule has 7 heteroatoms. The van der Waals surface area contributed by atoms with Crippen LogP contribution in [0.15, 0.2) is 47.6 Å². The smallest absolute Gasteiger partial charge is 0.198 e. The van der Waals surface area contributed by atoms with E-state index in [1.807, 2.05) is 13.2 Å². The number of aromatic nitrogens is 1. The van der Waals surface area contributed by atoms with Crippen molar-refractivity contribution in [1.82, 2.24) is 10.3 Å². The molecular weight excluding hydrogens is 465 g/mol. The molecular formula is C21H28IN5O. The van der Waals surface area contributed by atoms with Gasteiger partial charge in [0.2, 0.25) is 0 Å². The van der Waals surface area contributed by atoms with Crippen LogP contribution in [0.3, 0.4) is 0 Å². The van der Waals surface area contributed by atoms with Crippen molar-refractivity contribution >= 4 is 41.4 Å². The lowest BCUT2D eigenvalue weighted by atomic mass is 10.2. The number of hydrogen-bond donors (Lipinski definition) is 1. The van der Waals surface area contributed by atoms with Crippen LogP contribution in [-0.2, 0) is 17.7 Å². The lowest BCUT2D eigenvalue weighted by Gasteiger charge is -2.32. The fourth-order valence-electron chi connectivity index (χ4n) is 3.80. The Balaban J connectivity index is 0.00000225. The first kappa shape index (κ1) is 20.9. The summed E-state index contributed by atoms with van der Waals surface area (Å²) in [4.78, 5) is 13.6. The SMILES string of the molecule is CN=C(NCc1ccnc(N2CCOC(C)C2)c1)N1CCc2ccccc21.I. The minimum Gasteiger partial charge on any atom is -0.375 e. The summed E-state index contributed by atoms with van der Waals surface area (Å²) in [6, 6.07) is 12.8. The number of guanidine groups is 1. The van der Waals surface area contributed by atoms with Crippen molar-refractivity contribution in [3.63, 3.8) is 0 Å². The standard InChI is InChI=1S/C21H27N5O.HI/c1-16-15-25(11-12-27-16)20-13-17(7-9-23-20)14-24-21(22-2)26-10-8-18-5-3-4-6-19(18)26;/h3-7,9,13,16H,8,10-12,14-15H2,1-2H3,(H,22,24);1H. The van der Waals surface area contributed by atoms with Crippen LogP contribution < -0.4 is 15.1 Å². The molecule has 1 N–H and O–H groups in total. The number of para-hydroxylation sites is 1. The Morgan fingerprint density at radius 3 is 2.96 bits per heavy atom. The number of pyridine rings is 1. The normalized spacial score (nSPS) is 19.2. The molecule has 1 unspecified atom stereocenters. The van der Waals surface area contributed by atoms with E-state index in [9.17, 15) is 0 Å². The number of nitrogens with zero attached hydrogens (tertiary/aromatic N) is 4. The summed E-state index contributed by atoms with van der Waals surface area (Å²) >= 11 is 0. The van der Waals surface area contributed by atoms with Gasteiger partial charge in [-0.15, -0.1) is 24.0 Å². The molecule has 2 aliphatic rings. The van der Waals surface area contributed by atoms with Gasteiger partial charge in [-0.05, 0) is 42.7 Å². The van der Waals surface area contributed by atoms with Gasteiger partial charge in [0.25, 0.3) is 0 Å². The van der Waals surface area contributed by atoms with Crippen LogP contribution >= 0.6 is 24.0 Å². The van der Waals surface area contributed by atoms with Crippen LogP contribution in [0.1, 0.15) is 18.1 Å². The van der Waals surface area contributed by atoms with E-state index in [1.165, 1.54) is 16.8 Å². The predicted molar refractivity (Wildman–Crippen MR) is 125 cm³/mol. The first-order valence-corrected chi connectivity index (χ1v) is 9.62. The number of halogens is 1. The van der Waals surface area contributed by atoms with Gasteiger partial charge in [-0.3, -0.25) is 4.99 Å². The second-order valence-corrected chi connectivity index (χ2v) is 7.08. The Kier molecular flexibility index (Phi) is 7.12. The third-order valence-electron chi connectivity index (χ3n) is 5.18. The van der Waals surface area contributed by atoms with Crippen molar-refractivity contribution in [2.24, 2.45) is 4.99 Å². The largest absolute Gasteiger partial charge is 0.375 e. The minimum absolute atomic E-state index is 0. The number of anilines is 2. The van der Waals surface area contributed by atoms with Crippen LogP contribution in [-0.4, -0.2) is 50.3 Å². The zero-order valence-corrected chi connectivity index (χ0v) is 18.8. The third-order valence-corrected chi connectivity index (χ3v) is 5.18. The molecule has 1 saturated heterocycles. The maximum Gasteiger partial charge on any atom is 0.198 e. The van der Waals surface area contributed by atoms with Gasteiger partial charge in [0, 0.05) is 45.1 Å². The summed E-state index contributed by atoms with van der Waals surface area (Å²) < 4.78 is 5.64. The Hall–Kier alpha value is -1.87. The molecule has 2 aromatic rings. The molecule has 1 aromatic carbocycles. The van der Waals surface area contributed by atoms with Crippen molar-refractivity contribution in [2.75, 3.05) is 43.1 Å². The molecule has 0 saturated carbocycles. The Morgan fingerprint density at radius 2 is 2.14 bits per heavy atom. The van der Waals surface area contributed by atoms with Gasteiger partial charge in [-0.25, -0.2) is 4.98 Å². The second kappa shape index (κ2) is 9.56. The van der Waals surface area contributed by atoms with Gasteiger partial charge in [-0.2, -0.15) is 0 Å². The van der Waals surface area contributed by atoms with Crippen molar-refractivity contribution in [3.8, 4) is 0 Å². The second-order valence-electron chi connectivity index (χ2n) is 7.08. The number of ether oxygens (including phenoxy) is 1. The van der Waals surface area contributed by atoms with Gasteiger partial charge >= 0.3 is 0 Å². The van der Waals surface area contributed by atoms with Crippen LogP contribution in [0.25, 0.3) is 0 Å².